The summed E-state index contributed by atoms with van der Waals surface area (Å²) in [6, 6.07) is 6.45. The van der Waals surface area contributed by atoms with E-state index >= 15 is 0 Å². The van der Waals surface area contributed by atoms with Crippen LogP contribution in [0.25, 0.3) is 0 Å². The Labute approximate surface area is 159 Å². The first-order valence-corrected chi connectivity index (χ1v) is 9.52. The van der Waals surface area contributed by atoms with Crippen LogP contribution in [0.15, 0.2) is 35.4 Å². The van der Waals surface area contributed by atoms with E-state index in [1.165, 1.54) is 17.8 Å². The van der Waals surface area contributed by atoms with Crippen LogP contribution in [-0.4, -0.2) is 27.8 Å². The van der Waals surface area contributed by atoms with Gasteiger partial charge in [0.25, 0.3) is 0 Å². The summed E-state index contributed by atoms with van der Waals surface area (Å²) < 4.78 is 26.3. The highest BCUT2D eigenvalue weighted by Crippen LogP contribution is 2.30. The van der Waals surface area contributed by atoms with Crippen LogP contribution >= 0.6 is 11.8 Å². The molecule has 0 unspecified atom stereocenters. The van der Waals surface area contributed by atoms with E-state index in [9.17, 15) is 18.4 Å². The second-order valence-electron chi connectivity index (χ2n) is 6.14. The Morgan fingerprint density at radius 1 is 1.11 bits per heavy atom. The van der Waals surface area contributed by atoms with Gasteiger partial charge in [-0.05, 0) is 43.5 Å². The first-order chi connectivity index (χ1) is 13.0. The van der Waals surface area contributed by atoms with Gasteiger partial charge in [0.15, 0.2) is 5.82 Å². The highest BCUT2D eigenvalue weighted by atomic mass is 32.2. The molecule has 1 fully saturated rings. The molecule has 142 valence electrons. The van der Waals surface area contributed by atoms with Crippen molar-refractivity contribution in [3.63, 3.8) is 0 Å². The fourth-order valence-electron chi connectivity index (χ4n) is 2.25. The van der Waals surface area contributed by atoms with Gasteiger partial charge in [0, 0.05) is 24.2 Å². The molecular weight excluding hydrogens is 374 g/mol. The highest BCUT2D eigenvalue weighted by Gasteiger charge is 2.29. The molecule has 9 heteroatoms. The van der Waals surface area contributed by atoms with E-state index in [4.69, 9.17) is 0 Å². The molecule has 3 rings (SSSR count). The minimum absolute atomic E-state index is 0.0201. The number of nitrogens with zero attached hydrogens (tertiary/aromatic N) is 2. The molecule has 0 saturated heterocycles. The summed E-state index contributed by atoms with van der Waals surface area (Å²) in [6.07, 6.45) is 2.61. The maximum Gasteiger partial charge on any atom is 0.228 e. The predicted octanol–water partition coefficient (Wildman–Crippen LogP) is 3.61. The SMILES string of the molecule is O=C(CCCSc1ccc(NC(=O)C2CC2)nn1)Nc1ccc(F)cc1F. The van der Waals surface area contributed by atoms with E-state index in [0.29, 0.717) is 23.0 Å². The summed E-state index contributed by atoms with van der Waals surface area (Å²) >= 11 is 1.43. The van der Waals surface area contributed by atoms with E-state index < -0.39 is 11.6 Å². The molecule has 6 nitrogen and oxygen atoms in total. The second-order valence-corrected chi connectivity index (χ2v) is 7.26. The summed E-state index contributed by atoms with van der Waals surface area (Å²) in [7, 11) is 0. The summed E-state index contributed by atoms with van der Waals surface area (Å²) in [5, 5.41) is 13.8. The van der Waals surface area contributed by atoms with Crippen molar-refractivity contribution in [3.8, 4) is 0 Å². The Hall–Kier alpha value is -2.55. The fraction of sp³-hybridized carbons (Fsp3) is 0.333. The molecule has 0 spiro atoms. The maximum atomic E-state index is 13.5. The molecule has 2 amide bonds. The maximum absolute atomic E-state index is 13.5. The predicted molar refractivity (Wildman–Crippen MR) is 98.3 cm³/mol. The van der Waals surface area contributed by atoms with Gasteiger partial charge in [0.2, 0.25) is 11.8 Å². The van der Waals surface area contributed by atoms with Crippen molar-refractivity contribution in [1.82, 2.24) is 10.2 Å². The van der Waals surface area contributed by atoms with E-state index in [1.807, 2.05) is 0 Å². The largest absolute Gasteiger partial charge is 0.324 e. The van der Waals surface area contributed by atoms with Gasteiger partial charge in [0.05, 0.1) is 5.69 Å². The zero-order valence-corrected chi connectivity index (χ0v) is 15.2. The van der Waals surface area contributed by atoms with Gasteiger partial charge in [-0.1, -0.05) is 0 Å². The van der Waals surface area contributed by atoms with E-state index in [-0.39, 0.29) is 29.8 Å². The van der Waals surface area contributed by atoms with Crippen molar-refractivity contribution in [3.05, 3.63) is 42.0 Å². The molecule has 0 atom stereocenters. The highest BCUT2D eigenvalue weighted by molar-refractivity contribution is 7.99. The Balaban J connectivity index is 1.36. The summed E-state index contributed by atoms with van der Waals surface area (Å²) in [4.78, 5) is 23.5. The number of anilines is 2. The van der Waals surface area contributed by atoms with Crippen LogP contribution in [-0.2, 0) is 9.59 Å². The molecule has 2 N–H and O–H groups in total. The Bertz CT molecular complexity index is 829. The third-order valence-corrected chi connectivity index (χ3v) is 4.85. The lowest BCUT2D eigenvalue weighted by Gasteiger charge is -2.06. The quantitative estimate of drug-likeness (QED) is 0.530. The summed E-state index contributed by atoms with van der Waals surface area (Å²) in [5.41, 5.74) is -0.0382. The minimum atomic E-state index is -0.804. The number of carbonyl (C=O) groups is 2. The monoisotopic (exact) mass is 392 g/mol. The molecule has 1 aromatic carbocycles. The molecule has 0 radical (unpaired) electrons. The third-order valence-electron chi connectivity index (χ3n) is 3.84. The number of amides is 2. The van der Waals surface area contributed by atoms with Gasteiger partial charge >= 0.3 is 0 Å². The minimum Gasteiger partial charge on any atom is -0.324 e. The van der Waals surface area contributed by atoms with Gasteiger partial charge in [0.1, 0.15) is 16.7 Å². The van der Waals surface area contributed by atoms with Crippen molar-refractivity contribution >= 4 is 35.1 Å². The zero-order valence-electron chi connectivity index (χ0n) is 14.4. The van der Waals surface area contributed by atoms with Crippen LogP contribution in [0.5, 0.6) is 0 Å². The number of rotatable bonds is 8. The number of hydrogen-bond acceptors (Lipinski definition) is 5. The Kier molecular flexibility index (Phi) is 6.33. The fourth-order valence-corrected chi connectivity index (χ4v) is 3.01. The summed E-state index contributed by atoms with van der Waals surface area (Å²) in [5.74, 6) is -0.698. The number of hydrogen-bond donors (Lipinski definition) is 2. The lowest BCUT2D eigenvalue weighted by molar-refractivity contribution is -0.117. The molecule has 2 aromatic rings. The first kappa shape index (κ1) is 19.2. The van der Waals surface area contributed by atoms with Crippen LogP contribution in [0.1, 0.15) is 25.7 Å². The van der Waals surface area contributed by atoms with Crippen LogP contribution < -0.4 is 10.6 Å². The van der Waals surface area contributed by atoms with E-state index in [0.717, 1.165) is 25.0 Å². The average molecular weight is 392 g/mol. The zero-order chi connectivity index (χ0) is 19.2. The van der Waals surface area contributed by atoms with Crippen molar-refractivity contribution in [1.29, 1.82) is 0 Å². The molecule has 1 heterocycles. The van der Waals surface area contributed by atoms with Crippen LogP contribution in [0.4, 0.5) is 20.3 Å². The number of aromatic nitrogens is 2. The topological polar surface area (TPSA) is 84.0 Å². The molecule has 1 aromatic heterocycles. The lowest BCUT2D eigenvalue weighted by atomic mass is 10.2. The van der Waals surface area contributed by atoms with Crippen molar-refractivity contribution in [2.75, 3.05) is 16.4 Å². The van der Waals surface area contributed by atoms with Crippen LogP contribution in [0.3, 0.4) is 0 Å². The molecule has 1 saturated carbocycles. The van der Waals surface area contributed by atoms with Gasteiger partial charge in [-0.25, -0.2) is 8.78 Å². The molecular formula is C18H18F2N4O2S. The molecule has 1 aliphatic rings. The smallest absolute Gasteiger partial charge is 0.228 e. The number of benzene rings is 1. The van der Waals surface area contributed by atoms with Gasteiger partial charge in [-0.15, -0.1) is 22.0 Å². The van der Waals surface area contributed by atoms with E-state index in [2.05, 4.69) is 20.8 Å². The number of thioether (sulfide) groups is 1. The molecule has 0 aliphatic heterocycles. The van der Waals surface area contributed by atoms with Gasteiger partial charge < -0.3 is 10.6 Å². The van der Waals surface area contributed by atoms with Crippen molar-refractivity contribution in [2.24, 2.45) is 5.92 Å². The van der Waals surface area contributed by atoms with E-state index in [1.54, 1.807) is 12.1 Å². The van der Waals surface area contributed by atoms with Crippen molar-refractivity contribution in [2.45, 2.75) is 30.7 Å². The van der Waals surface area contributed by atoms with Crippen molar-refractivity contribution < 1.29 is 18.4 Å². The van der Waals surface area contributed by atoms with Gasteiger partial charge in [-0.2, -0.15) is 0 Å². The summed E-state index contributed by atoms with van der Waals surface area (Å²) in [6.45, 7) is 0. The normalized spacial score (nSPS) is 13.3. The van der Waals surface area contributed by atoms with Crippen LogP contribution in [0, 0.1) is 17.6 Å². The van der Waals surface area contributed by atoms with Gasteiger partial charge in [-0.3, -0.25) is 9.59 Å². The number of carbonyl (C=O) groups excluding carboxylic acids is 2. The lowest BCUT2D eigenvalue weighted by Crippen LogP contribution is -2.14. The second kappa shape index (κ2) is 8.90. The number of halogens is 2. The Morgan fingerprint density at radius 3 is 2.59 bits per heavy atom. The van der Waals surface area contributed by atoms with Crippen LogP contribution in [0.2, 0.25) is 0 Å². The standard InChI is InChI=1S/C18H18F2N4O2S/c19-12-5-6-14(13(20)10-12)21-16(25)2-1-9-27-17-8-7-15(23-24-17)22-18(26)11-3-4-11/h5-8,10-11H,1-4,9H2,(H,21,25)(H,22,23,26). The average Bonchev–Trinajstić information content (AvgIpc) is 3.48. The molecule has 27 heavy (non-hydrogen) atoms. The number of nitrogens with one attached hydrogen (secondary N) is 2. The first-order valence-electron chi connectivity index (χ1n) is 8.53. The Morgan fingerprint density at radius 2 is 1.93 bits per heavy atom. The molecule has 1 aliphatic carbocycles. The molecule has 0 bridgehead atoms. The third kappa shape index (κ3) is 5.99.